The molecule has 2 N–H and O–H groups in total. The predicted molar refractivity (Wildman–Crippen MR) is 80.9 cm³/mol. The Hall–Kier alpha value is -0.910. The van der Waals surface area contributed by atoms with Gasteiger partial charge in [-0.1, -0.05) is 41.4 Å². The Morgan fingerprint density at radius 2 is 2.11 bits per heavy atom. The zero-order chi connectivity index (χ0) is 14.0. The van der Waals surface area contributed by atoms with Gasteiger partial charge in [0.25, 0.3) is 0 Å². The molecule has 0 unspecified atom stereocenters. The number of aromatic nitrogens is 3. The molecule has 2 rings (SSSR count). The zero-order valence-corrected chi connectivity index (χ0v) is 13.2. The van der Waals surface area contributed by atoms with Crippen molar-refractivity contribution in [2.45, 2.75) is 26.9 Å². The van der Waals surface area contributed by atoms with Crippen LogP contribution in [0.5, 0.6) is 0 Å². The minimum Gasteiger partial charge on any atom is -0.324 e. The molecule has 0 amide bonds. The van der Waals surface area contributed by atoms with Gasteiger partial charge in [0.15, 0.2) is 5.82 Å². The van der Waals surface area contributed by atoms with E-state index in [1.54, 1.807) is 0 Å². The van der Waals surface area contributed by atoms with E-state index in [1.165, 1.54) is 0 Å². The van der Waals surface area contributed by atoms with Crippen LogP contribution in [-0.4, -0.2) is 14.8 Å². The van der Waals surface area contributed by atoms with Gasteiger partial charge in [-0.25, -0.2) is 0 Å². The third kappa shape index (κ3) is 3.16. The molecule has 1 aromatic heterocycles. The van der Waals surface area contributed by atoms with E-state index in [1.807, 2.05) is 18.2 Å². The highest BCUT2D eigenvalue weighted by Crippen LogP contribution is 2.30. The summed E-state index contributed by atoms with van der Waals surface area (Å²) in [5, 5.41) is 9.09. The van der Waals surface area contributed by atoms with Crippen LogP contribution in [0.25, 0.3) is 11.4 Å². The first-order valence-corrected chi connectivity index (χ1v) is 7.27. The molecule has 0 saturated carbocycles. The van der Waals surface area contributed by atoms with Crippen molar-refractivity contribution in [2.24, 2.45) is 11.7 Å². The fourth-order valence-electron chi connectivity index (χ4n) is 1.91. The summed E-state index contributed by atoms with van der Waals surface area (Å²) >= 11 is 9.59. The lowest BCUT2D eigenvalue weighted by Gasteiger charge is -2.13. The van der Waals surface area contributed by atoms with Gasteiger partial charge in [-0.05, 0) is 24.1 Å². The van der Waals surface area contributed by atoms with Crippen molar-refractivity contribution < 1.29 is 0 Å². The first-order chi connectivity index (χ1) is 9.02. The molecule has 0 radical (unpaired) electrons. The van der Waals surface area contributed by atoms with E-state index < -0.39 is 0 Å². The molecule has 1 aromatic carbocycles. The van der Waals surface area contributed by atoms with Crippen LogP contribution in [0.2, 0.25) is 5.02 Å². The molecule has 6 heteroatoms. The van der Waals surface area contributed by atoms with Crippen LogP contribution >= 0.6 is 27.5 Å². The minimum absolute atomic E-state index is 0.373. The number of nitrogens with zero attached hydrogens (tertiary/aromatic N) is 3. The summed E-state index contributed by atoms with van der Waals surface area (Å²) < 4.78 is 3.00. The second kappa shape index (κ2) is 6.03. The van der Waals surface area contributed by atoms with Gasteiger partial charge in [0, 0.05) is 21.6 Å². The van der Waals surface area contributed by atoms with Crippen LogP contribution in [0.15, 0.2) is 22.7 Å². The van der Waals surface area contributed by atoms with Crippen LogP contribution in [0, 0.1) is 5.92 Å². The Kier molecular flexibility index (Phi) is 4.60. The Morgan fingerprint density at radius 1 is 1.37 bits per heavy atom. The van der Waals surface area contributed by atoms with Crippen molar-refractivity contribution >= 4 is 27.5 Å². The fourth-order valence-corrected chi connectivity index (χ4v) is 2.51. The van der Waals surface area contributed by atoms with Crippen LogP contribution < -0.4 is 5.73 Å². The number of hydrogen-bond donors (Lipinski definition) is 1. The zero-order valence-electron chi connectivity index (χ0n) is 10.9. The quantitative estimate of drug-likeness (QED) is 0.924. The van der Waals surface area contributed by atoms with Crippen molar-refractivity contribution in [3.05, 3.63) is 33.5 Å². The molecule has 0 fully saturated rings. The molecular formula is C13H16BrClN4. The topological polar surface area (TPSA) is 56.7 Å². The van der Waals surface area contributed by atoms with Crippen molar-refractivity contribution in [1.29, 1.82) is 0 Å². The highest BCUT2D eigenvalue weighted by molar-refractivity contribution is 9.10. The van der Waals surface area contributed by atoms with E-state index in [0.717, 1.165) is 28.2 Å². The van der Waals surface area contributed by atoms with E-state index in [0.29, 0.717) is 17.5 Å². The van der Waals surface area contributed by atoms with Gasteiger partial charge in [0.1, 0.15) is 5.82 Å². The van der Waals surface area contributed by atoms with Gasteiger partial charge in [0.2, 0.25) is 0 Å². The van der Waals surface area contributed by atoms with Crippen molar-refractivity contribution in [1.82, 2.24) is 14.8 Å². The third-order valence-electron chi connectivity index (χ3n) is 2.73. The first-order valence-electron chi connectivity index (χ1n) is 6.10. The molecule has 19 heavy (non-hydrogen) atoms. The summed E-state index contributed by atoms with van der Waals surface area (Å²) in [5.41, 5.74) is 6.66. The second-order valence-corrected chi connectivity index (χ2v) is 6.06. The minimum atomic E-state index is 0.373. The average molecular weight is 344 g/mol. The Labute approximate surface area is 126 Å². The monoisotopic (exact) mass is 342 g/mol. The predicted octanol–water partition coefficient (Wildman–Crippen LogP) is 3.48. The SMILES string of the molecule is CC(C)Cn1c(CN)nnc1-c1cc(Cl)ccc1Br. The van der Waals surface area contributed by atoms with Crippen LogP contribution in [0.1, 0.15) is 19.7 Å². The molecule has 0 aliphatic carbocycles. The van der Waals surface area contributed by atoms with E-state index in [2.05, 4.69) is 44.5 Å². The van der Waals surface area contributed by atoms with E-state index >= 15 is 0 Å². The molecule has 0 atom stereocenters. The molecular weight excluding hydrogens is 328 g/mol. The average Bonchev–Trinajstić information content (AvgIpc) is 2.74. The maximum atomic E-state index is 6.06. The van der Waals surface area contributed by atoms with Gasteiger partial charge in [-0.2, -0.15) is 0 Å². The molecule has 0 spiro atoms. The fraction of sp³-hybridized carbons (Fsp3) is 0.385. The van der Waals surface area contributed by atoms with E-state index in [4.69, 9.17) is 17.3 Å². The molecule has 102 valence electrons. The first kappa shape index (κ1) is 14.5. The molecule has 4 nitrogen and oxygen atoms in total. The summed E-state index contributed by atoms with van der Waals surface area (Å²) in [6.45, 7) is 5.50. The molecule has 0 aliphatic heterocycles. The molecule has 0 saturated heterocycles. The largest absolute Gasteiger partial charge is 0.324 e. The number of benzene rings is 1. The molecule has 2 aromatic rings. The lowest BCUT2D eigenvalue weighted by Crippen LogP contribution is -2.13. The molecule has 0 aliphatic rings. The summed E-state index contributed by atoms with van der Waals surface area (Å²) in [5.74, 6) is 2.07. The van der Waals surface area contributed by atoms with Crippen LogP contribution in [0.3, 0.4) is 0 Å². The normalized spacial score (nSPS) is 11.3. The third-order valence-corrected chi connectivity index (χ3v) is 3.65. The van der Waals surface area contributed by atoms with Crippen LogP contribution in [-0.2, 0) is 13.1 Å². The molecule has 0 bridgehead atoms. The highest BCUT2D eigenvalue weighted by Gasteiger charge is 2.16. The lowest BCUT2D eigenvalue weighted by atomic mass is 10.2. The van der Waals surface area contributed by atoms with Gasteiger partial charge >= 0.3 is 0 Å². The standard InChI is InChI=1S/C13H16BrClN4/c1-8(2)7-19-12(6-16)17-18-13(19)10-5-9(15)3-4-11(10)14/h3-5,8H,6-7,16H2,1-2H3. The Bertz CT molecular complexity index is 580. The summed E-state index contributed by atoms with van der Waals surface area (Å²) in [6.07, 6.45) is 0. The second-order valence-electron chi connectivity index (χ2n) is 4.77. The molecule has 1 heterocycles. The maximum Gasteiger partial charge on any atom is 0.165 e. The van der Waals surface area contributed by atoms with Gasteiger partial charge in [-0.3, -0.25) is 0 Å². The Balaban J connectivity index is 2.55. The van der Waals surface area contributed by atoms with Crippen LogP contribution in [0.4, 0.5) is 0 Å². The highest BCUT2D eigenvalue weighted by atomic mass is 79.9. The van der Waals surface area contributed by atoms with Gasteiger partial charge in [-0.15, -0.1) is 10.2 Å². The lowest BCUT2D eigenvalue weighted by molar-refractivity contribution is 0.510. The smallest absolute Gasteiger partial charge is 0.165 e. The Morgan fingerprint density at radius 3 is 2.74 bits per heavy atom. The number of nitrogens with two attached hydrogens (primary N) is 1. The van der Waals surface area contributed by atoms with Gasteiger partial charge < -0.3 is 10.3 Å². The summed E-state index contributed by atoms with van der Waals surface area (Å²) in [4.78, 5) is 0. The van der Waals surface area contributed by atoms with E-state index in [-0.39, 0.29) is 0 Å². The van der Waals surface area contributed by atoms with Crippen molar-refractivity contribution in [3.63, 3.8) is 0 Å². The number of halogens is 2. The van der Waals surface area contributed by atoms with E-state index in [9.17, 15) is 0 Å². The summed E-state index contributed by atoms with van der Waals surface area (Å²) in [7, 11) is 0. The van der Waals surface area contributed by atoms with Crippen molar-refractivity contribution in [3.8, 4) is 11.4 Å². The number of rotatable bonds is 4. The van der Waals surface area contributed by atoms with Gasteiger partial charge in [0.05, 0.1) is 6.54 Å². The van der Waals surface area contributed by atoms with Crippen molar-refractivity contribution in [2.75, 3.05) is 0 Å². The number of hydrogen-bond acceptors (Lipinski definition) is 3. The summed E-state index contributed by atoms with van der Waals surface area (Å²) in [6, 6.07) is 5.63. The maximum absolute atomic E-state index is 6.06.